The van der Waals surface area contributed by atoms with Crippen LogP contribution in [-0.4, -0.2) is 56.2 Å². The van der Waals surface area contributed by atoms with Crippen molar-refractivity contribution in [2.75, 3.05) is 30.2 Å². The SMILES string of the molecule is CN(CC(=O)O)C(=O)c1cccc(N2CCCS2(=O)=O)c1. The molecule has 7 nitrogen and oxygen atoms in total. The van der Waals surface area contributed by atoms with Gasteiger partial charge in [-0.25, -0.2) is 8.42 Å². The van der Waals surface area contributed by atoms with Crippen molar-refractivity contribution in [1.82, 2.24) is 4.90 Å². The molecule has 1 saturated heterocycles. The van der Waals surface area contributed by atoms with Gasteiger partial charge in [0.15, 0.2) is 0 Å². The van der Waals surface area contributed by atoms with Crippen molar-refractivity contribution in [3.8, 4) is 0 Å². The van der Waals surface area contributed by atoms with E-state index in [4.69, 9.17) is 5.11 Å². The molecule has 0 unspecified atom stereocenters. The Balaban J connectivity index is 2.26. The Hall–Kier alpha value is -2.09. The number of sulfonamides is 1. The molecule has 1 amide bonds. The molecule has 0 aromatic heterocycles. The highest BCUT2D eigenvalue weighted by molar-refractivity contribution is 7.93. The smallest absolute Gasteiger partial charge is 0.323 e. The molecule has 2 rings (SSSR count). The molecule has 1 aliphatic heterocycles. The molecule has 0 atom stereocenters. The topological polar surface area (TPSA) is 95.0 Å². The van der Waals surface area contributed by atoms with Crippen LogP contribution in [0.3, 0.4) is 0 Å². The van der Waals surface area contributed by atoms with Crippen LogP contribution in [0.15, 0.2) is 24.3 Å². The third-order valence-electron chi connectivity index (χ3n) is 3.20. The number of carbonyl (C=O) groups is 2. The second-order valence-corrected chi connectivity index (χ2v) is 6.86. The molecule has 114 valence electrons. The summed E-state index contributed by atoms with van der Waals surface area (Å²) in [6.07, 6.45) is 0.555. The number of benzene rings is 1. The fraction of sp³-hybridized carbons (Fsp3) is 0.385. The Morgan fingerprint density at radius 3 is 2.67 bits per heavy atom. The number of carboxylic acids is 1. The van der Waals surface area contributed by atoms with Gasteiger partial charge in [-0.05, 0) is 24.6 Å². The maximum atomic E-state index is 12.1. The van der Waals surface area contributed by atoms with Crippen LogP contribution in [0, 0.1) is 0 Å². The molecule has 0 saturated carbocycles. The van der Waals surface area contributed by atoms with Crippen molar-refractivity contribution >= 4 is 27.6 Å². The van der Waals surface area contributed by atoms with Gasteiger partial charge in [-0.1, -0.05) is 6.07 Å². The summed E-state index contributed by atoms with van der Waals surface area (Å²) in [7, 11) is -1.92. The first kappa shape index (κ1) is 15.3. The van der Waals surface area contributed by atoms with Gasteiger partial charge in [-0.3, -0.25) is 13.9 Å². The number of aliphatic carboxylic acids is 1. The van der Waals surface area contributed by atoms with Gasteiger partial charge in [0, 0.05) is 19.2 Å². The normalized spacial score (nSPS) is 16.7. The molecular weight excluding hydrogens is 296 g/mol. The summed E-state index contributed by atoms with van der Waals surface area (Å²) in [5, 5.41) is 8.69. The van der Waals surface area contributed by atoms with Crippen LogP contribution in [0.25, 0.3) is 0 Å². The molecule has 1 fully saturated rings. The third kappa shape index (κ3) is 3.33. The molecule has 1 aromatic carbocycles. The lowest BCUT2D eigenvalue weighted by atomic mass is 10.1. The summed E-state index contributed by atoms with van der Waals surface area (Å²) >= 11 is 0. The van der Waals surface area contributed by atoms with E-state index in [-0.39, 0.29) is 11.3 Å². The van der Waals surface area contributed by atoms with Gasteiger partial charge >= 0.3 is 5.97 Å². The average molecular weight is 312 g/mol. The predicted octanol–water partition coefficient (Wildman–Crippen LogP) is 0.383. The Morgan fingerprint density at radius 2 is 2.10 bits per heavy atom. The van der Waals surface area contributed by atoms with Crippen LogP contribution in [-0.2, 0) is 14.8 Å². The maximum Gasteiger partial charge on any atom is 0.323 e. The van der Waals surface area contributed by atoms with E-state index in [1.54, 1.807) is 12.1 Å². The molecule has 1 aromatic rings. The highest BCUT2D eigenvalue weighted by Gasteiger charge is 2.28. The minimum absolute atomic E-state index is 0.101. The number of hydrogen-bond donors (Lipinski definition) is 1. The van der Waals surface area contributed by atoms with Crippen molar-refractivity contribution in [2.45, 2.75) is 6.42 Å². The molecule has 0 aliphatic carbocycles. The Morgan fingerprint density at radius 1 is 1.38 bits per heavy atom. The van der Waals surface area contributed by atoms with Crippen LogP contribution in [0.1, 0.15) is 16.8 Å². The van der Waals surface area contributed by atoms with Gasteiger partial charge in [-0.15, -0.1) is 0 Å². The Bertz CT molecular complexity index is 671. The van der Waals surface area contributed by atoms with Crippen LogP contribution in [0.2, 0.25) is 0 Å². The zero-order chi connectivity index (χ0) is 15.6. The summed E-state index contributed by atoms with van der Waals surface area (Å²) in [6.45, 7) is -0.0178. The van der Waals surface area contributed by atoms with Gasteiger partial charge in [0.1, 0.15) is 6.54 Å². The first-order valence-corrected chi connectivity index (χ1v) is 8.00. The van der Waals surface area contributed by atoms with Crippen molar-refractivity contribution < 1.29 is 23.1 Å². The second kappa shape index (κ2) is 5.72. The van der Waals surface area contributed by atoms with Gasteiger partial charge in [0.05, 0.1) is 11.4 Å². The molecule has 1 aliphatic rings. The summed E-state index contributed by atoms with van der Waals surface area (Å²) in [5.74, 6) is -1.47. The van der Waals surface area contributed by atoms with E-state index in [1.807, 2.05) is 0 Å². The first-order valence-electron chi connectivity index (χ1n) is 6.39. The second-order valence-electron chi connectivity index (χ2n) is 4.85. The maximum absolute atomic E-state index is 12.1. The summed E-state index contributed by atoms with van der Waals surface area (Å²) in [6, 6.07) is 6.22. The molecule has 1 N–H and O–H groups in total. The van der Waals surface area contributed by atoms with Crippen molar-refractivity contribution in [3.05, 3.63) is 29.8 Å². The summed E-state index contributed by atoms with van der Waals surface area (Å²) < 4.78 is 25.0. The number of nitrogens with zero attached hydrogens (tertiary/aromatic N) is 2. The van der Waals surface area contributed by atoms with Gasteiger partial charge in [0.2, 0.25) is 10.0 Å². The third-order valence-corrected chi connectivity index (χ3v) is 5.07. The zero-order valence-electron chi connectivity index (χ0n) is 11.5. The molecular formula is C13H16N2O5S. The number of hydrogen-bond acceptors (Lipinski definition) is 4. The minimum atomic E-state index is -3.31. The van der Waals surface area contributed by atoms with E-state index in [0.717, 1.165) is 4.90 Å². The fourth-order valence-electron chi connectivity index (χ4n) is 2.22. The molecule has 8 heteroatoms. The number of likely N-dealkylation sites (N-methyl/N-ethyl adjacent to an activating group) is 1. The monoisotopic (exact) mass is 312 g/mol. The van der Waals surface area contributed by atoms with E-state index >= 15 is 0 Å². The van der Waals surface area contributed by atoms with E-state index in [2.05, 4.69) is 0 Å². The lowest BCUT2D eigenvalue weighted by Gasteiger charge is -2.19. The first-order chi connectivity index (χ1) is 9.81. The van der Waals surface area contributed by atoms with Crippen molar-refractivity contribution in [3.63, 3.8) is 0 Å². The van der Waals surface area contributed by atoms with Gasteiger partial charge in [-0.2, -0.15) is 0 Å². The summed E-state index contributed by atoms with van der Waals surface area (Å²) in [4.78, 5) is 23.8. The Labute approximate surface area is 122 Å². The summed E-state index contributed by atoms with van der Waals surface area (Å²) in [5.41, 5.74) is 0.695. The van der Waals surface area contributed by atoms with E-state index in [0.29, 0.717) is 18.7 Å². The molecule has 1 heterocycles. The van der Waals surface area contributed by atoms with E-state index in [9.17, 15) is 18.0 Å². The average Bonchev–Trinajstić information content (AvgIpc) is 2.77. The molecule has 0 spiro atoms. The minimum Gasteiger partial charge on any atom is -0.480 e. The molecule has 0 radical (unpaired) electrons. The fourth-order valence-corrected chi connectivity index (χ4v) is 3.78. The van der Waals surface area contributed by atoms with Crippen LogP contribution < -0.4 is 4.31 Å². The van der Waals surface area contributed by atoms with Gasteiger partial charge in [0.25, 0.3) is 5.91 Å². The standard InChI is InChI=1S/C13H16N2O5S/c1-14(9-12(16)17)13(18)10-4-2-5-11(8-10)15-6-3-7-21(15,19)20/h2,4-5,8H,3,6-7,9H2,1H3,(H,16,17). The van der Waals surface area contributed by atoms with Crippen molar-refractivity contribution in [2.24, 2.45) is 0 Å². The Kier molecular flexibility index (Phi) is 4.17. The lowest BCUT2D eigenvalue weighted by Crippen LogP contribution is -2.32. The van der Waals surface area contributed by atoms with Crippen molar-refractivity contribution in [1.29, 1.82) is 0 Å². The van der Waals surface area contributed by atoms with E-state index in [1.165, 1.54) is 23.5 Å². The number of carboxylic acid groups (broad SMARTS) is 1. The number of rotatable bonds is 4. The molecule has 21 heavy (non-hydrogen) atoms. The number of amides is 1. The predicted molar refractivity (Wildman–Crippen MR) is 76.8 cm³/mol. The van der Waals surface area contributed by atoms with Crippen LogP contribution in [0.4, 0.5) is 5.69 Å². The quantitative estimate of drug-likeness (QED) is 0.867. The largest absolute Gasteiger partial charge is 0.480 e. The van der Waals surface area contributed by atoms with Crippen LogP contribution in [0.5, 0.6) is 0 Å². The number of carbonyl (C=O) groups excluding carboxylic acids is 1. The highest BCUT2D eigenvalue weighted by atomic mass is 32.2. The van der Waals surface area contributed by atoms with E-state index < -0.39 is 28.4 Å². The zero-order valence-corrected chi connectivity index (χ0v) is 12.3. The number of anilines is 1. The highest BCUT2D eigenvalue weighted by Crippen LogP contribution is 2.25. The molecule has 0 bridgehead atoms. The van der Waals surface area contributed by atoms with Crippen LogP contribution >= 0.6 is 0 Å². The van der Waals surface area contributed by atoms with Gasteiger partial charge < -0.3 is 10.0 Å². The lowest BCUT2D eigenvalue weighted by molar-refractivity contribution is -0.137.